The Kier molecular flexibility index (Phi) is 3.76. The molecule has 0 fully saturated rings. The van der Waals surface area contributed by atoms with Gasteiger partial charge in [-0.25, -0.2) is 0 Å². The van der Waals surface area contributed by atoms with E-state index in [9.17, 15) is 0 Å². The summed E-state index contributed by atoms with van der Waals surface area (Å²) >= 11 is 0. The van der Waals surface area contributed by atoms with Crippen molar-refractivity contribution in [1.82, 2.24) is 9.78 Å². The van der Waals surface area contributed by atoms with Gasteiger partial charge in [-0.2, -0.15) is 5.10 Å². The van der Waals surface area contributed by atoms with E-state index in [2.05, 4.69) is 44.9 Å². The van der Waals surface area contributed by atoms with E-state index in [-0.39, 0.29) is 0 Å². The molecule has 0 aliphatic heterocycles. The highest BCUT2D eigenvalue weighted by Crippen LogP contribution is 2.31. The van der Waals surface area contributed by atoms with Crippen molar-refractivity contribution in [3.63, 3.8) is 0 Å². The maximum Gasteiger partial charge on any atom is 0.0691 e. The van der Waals surface area contributed by atoms with Gasteiger partial charge in [0, 0.05) is 12.1 Å². The molecule has 2 rings (SSSR count). The Morgan fingerprint density at radius 1 is 1.00 bits per heavy atom. The van der Waals surface area contributed by atoms with Crippen molar-refractivity contribution in [2.75, 3.05) is 6.54 Å². The summed E-state index contributed by atoms with van der Waals surface area (Å²) in [7, 11) is 0. The zero-order chi connectivity index (χ0) is 14.2. The molecule has 0 saturated carbocycles. The molecule has 2 N–H and O–H groups in total. The van der Waals surface area contributed by atoms with Gasteiger partial charge in [0.25, 0.3) is 0 Å². The van der Waals surface area contributed by atoms with Crippen LogP contribution >= 0.6 is 0 Å². The minimum Gasteiger partial charge on any atom is -0.329 e. The number of nitrogens with zero attached hydrogens (tertiary/aromatic N) is 2. The number of nitrogens with two attached hydrogens (primary N) is 1. The molecule has 102 valence electrons. The predicted molar refractivity (Wildman–Crippen MR) is 80.4 cm³/mol. The summed E-state index contributed by atoms with van der Waals surface area (Å²) in [6, 6.07) is 4.41. The Labute approximate surface area is 115 Å². The van der Waals surface area contributed by atoms with Gasteiger partial charge in [0.2, 0.25) is 0 Å². The van der Waals surface area contributed by atoms with Crippen molar-refractivity contribution in [2.45, 2.75) is 41.2 Å². The summed E-state index contributed by atoms with van der Waals surface area (Å²) in [5.74, 6) is 0. The third-order valence-electron chi connectivity index (χ3n) is 3.87. The van der Waals surface area contributed by atoms with Gasteiger partial charge in [-0.1, -0.05) is 6.07 Å². The second-order valence-electron chi connectivity index (χ2n) is 5.32. The topological polar surface area (TPSA) is 43.8 Å². The van der Waals surface area contributed by atoms with Gasteiger partial charge in [-0.05, 0) is 62.9 Å². The summed E-state index contributed by atoms with van der Waals surface area (Å²) in [5.41, 5.74) is 14.6. The van der Waals surface area contributed by atoms with E-state index in [0.29, 0.717) is 6.54 Å². The molecular formula is C16H23N3. The maximum atomic E-state index is 5.69. The molecule has 2 aromatic rings. The van der Waals surface area contributed by atoms with Gasteiger partial charge in [0.15, 0.2) is 0 Å². The smallest absolute Gasteiger partial charge is 0.0691 e. The van der Waals surface area contributed by atoms with Crippen LogP contribution in [0.3, 0.4) is 0 Å². The molecule has 1 aromatic heterocycles. The summed E-state index contributed by atoms with van der Waals surface area (Å²) < 4.78 is 2.03. The lowest BCUT2D eigenvalue weighted by Crippen LogP contribution is -2.13. The first kappa shape index (κ1) is 13.8. The predicted octanol–water partition coefficient (Wildman–Crippen LogP) is 3.05. The molecule has 19 heavy (non-hydrogen) atoms. The van der Waals surface area contributed by atoms with E-state index in [0.717, 1.165) is 12.2 Å². The van der Waals surface area contributed by atoms with Gasteiger partial charge < -0.3 is 5.73 Å². The SMILES string of the molecule is Cc1cc(-c2c(C)c(C)cc(C)c2C)n(CCN)n1. The Balaban J connectivity index is 2.71. The third kappa shape index (κ3) is 2.43. The highest BCUT2D eigenvalue weighted by molar-refractivity contribution is 5.71. The normalized spacial score (nSPS) is 11.1. The molecule has 0 radical (unpaired) electrons. The molecule has 0 spiro atoms. The van der Waals surface area contributed by atoms with E-state index < -0.39 is 0 Å². The lowest BCUT2D eigenvalue weighted by Gasteiger charge is -2.16. The monoisotopic (exact) mass is 257 g/mol. The largest absolute Gasteiger partial charge is 0.329 e. The number of hydrogen-bond acceptors (Lipinski definition) is 2. The Bertz CT molecular complexity index is 583. The van der Waals surface area contributed by atoms with E-state index in [1.165, 1.54) is 33.5 Å². The lowest BCUT2D eigenvalue weighted by atomic mass is 9.92. The van der Waals surface area contributed by atoms with Gasteiger partial charge in [0.1, 0.15) is 0 Å². The van der Waals surface area contributed by atoms with E-state index >= 15 is 0 Å². The van der Waals surface area contributed by atoms with Gasteiger partial charge in [0.05, 0.1) is 17.9 Å². The number of hydrogen-bond donors (Lipinski definition) is 1. The van der Waals surface area contributed by atoms with E-state index in [4.69, 9.17) is 5.73 Å². The molecule has 0 aliphatic rings. The molecule has 3 nitrogen and oxygen atoms in total. The Hall–Kier alpha value is -1.61. The van der Waals surface area contributed by atoms with Gasteiger partial charge in [-0.3, -0.25) is 4.68 Å². The highest BCUT2D eigenvalue weighted by Gasteiger charge is 2.15. The summed E-state index contributed by atoms with van der Waals surface area (Å²) in [4.78, 5) is 0. The summed E-state index contributed by atoms with van der Waals surface area (Å²) in [6.45, 7) is 12.1. The third-order valence-corrected chi connectivity index (χ3v) is 3.87. The van der Waals surface area contributed by atoms with Crippen LogP contribution in [0.5, 0.6) is 0 Å². The van der Waals surface area contributed by atoms with Crippen molar-refractivity contribution >= 4 is 0 Å². The lowest BCUT2D eigenvalue weighted by molar-refractivity contribution is 0.626. The van der Waals surface area contributed by atoms with Crippen molar-refractivity contribution in [2.24, 2.45) is 5.73 Å². The fraction of sp³-hybridized carbons (Fsp3) is 0.438. The molecule has 0 amide bonds. The van der Waals surface area contributed by atoms with E-state index in [1.807, 2.05) is 11.6 Å². The molecule has 0 unspecified atom stereocenters. The van der Waals surface area contributed by atoms with Gasteiger partial charge >= 0.3 is 0 Å². The zero-order valence-electron chi connectivity index (χ0n) is 12.5. The fourth-order valence-corrected chi connectivity index (χ4v) is 2.64. The average Bonchev–Trinajstić information content (AvgIpc) is 2.69. The van der Waals surface area contributed by atoms with Crippen molar-refractivity contribution < 1.29 is 0 Å². The van der Waals surface area contributed by atoms with Crippen molar-refractivity contribution in [3.05, 3.63) is 40.1 Å². The minimum absolute atomic E-state index is 0.608. The summed E-state index contributed by atoms with van der Waals surface area (Å²) in [5, 5.41) is 4.55. The number of rotatable bonds is 3. The first-order valence-electron chi connectivity index (χ1n) is 6.78. The molecular weight excluding hydrogens is 234 g/mol. The first-order valence-corrected chi connectivity index (χ1v) is 6.78. The molecule has 1 heterocycles. The average molecular weight is 257 g/mol. The standard InChI is InChI=1S/C16H23N3/c1-10-8-11(2)14(5)16(13(10)4)15-9-12(3)18-19(15)7-6-17/h8-9H,6-7,17H2,1-5H3. The quantitative estimate of drug-likeness (QED) is 0.918. The molecule has 0 saturated heterocycles. The fourth-order valence-electron chi connectivity index (χ4n) is 2.64. The zero-order valence-corrected chi connectivity index (χ0v) is 12.5. The van der Waals surface area contributed by atoms with Crippen LogP contribution in [0.25, 0.3) is 11.3 Å². The van der Waals surface area contributed by atoms with Gasteiger partial charge in [-0.15, -0.1) is 0 Å². The van der Waals surface area contributed by atoms with Crippen LogP contribution in [0, 0.1) is 34.6 Å². The molecule has 1 aromatic carbocycles. The molecule has 0 aliphatic carbocycles. The number of aromatic nitrogens is 2. The number of benzene rings is 1. The Morgan fingerprint density at radius 2 is 1.58 bits per heavy atom. The van der Waals surface area contributed by atoms with Crippen LogP contribution in [-0.2, 0) is 6.54 Å². The highest BCUT2D eigenvalue weighted by atomic mass is 15.3. The molecule has 0 bridgehead atoms. The van der Waals surface area contributed by atoms with Crippen LogP contribution in [0.15, 0.2) is 12.1 Å². The second kappa shape index (κ2) is 5.17. The maximum absolute atomic E-state index is 5.69. The van der Waals surface area contributed by atoms with Crippen LogP contribution in [0.2, 0.25) is 0 Å². The van der Waals surface area contributed by atoms with E-state index in [1.54, 1.807) is 0 Å². The van der Waals surface area contributed by atoms with Crippen LogP contribution in [0.4, 0.5) is 0 Å². The Morgan fingerprint density at radius 3 is 2.11 bits per heavy atom. The van der Waals surface area contributed by atoms with Crippen LogP contribution < -0.4 is 5.73 Å². The number of aryl methyl sites for hydroxylation is 3. The van der Waals surface area contributed by atoms with Crippen molar-refractivity contribution in [3.8, 4) is 11.3 Å². The van der Waals surface area contributed by atoms with Crippen molar-refractivity contribution in [1.29, 1.82) is 0 Å². The van der Waals surface area contributed by atoms with Crippen LogP contribution in [0.1, 0.15) is 27.9 Å². The van der Waals surface area contributed by atoms with Crippen LogP contribution in [-0.4, -0.2) is 16.3 Å². The molecule has 3 heteroatoms. The minimum atomic E-state index is 0.608. The summed E-state index contributed by atoms with van der Waals surface area (Å²) in [6.07, 6.45) is 0. The second-order valence-corrected chi connectivity index (χ2v) is 5.32. The first-order chi connectivity index (χ1) is 8.95. The molecule has 0 atom stereocenters.